The molecule has 1 aromatic carbocycles. The Kier molecular flexibility index (Phi) is 5.44. The summed E-state index contributed by atoms with van der Waals surface area (Å²) in [6.45, 7) is 5.03. The van der Waals surface area contributed by atoms with E-state index < -0.39 is 28.3 Å². The molecule has 0 radical (unpaired) electrons. The third kappa shape index (κ3) is 4.39. The molecule has 8 heteroatoms. The van der Waals surface area contributed by atoms with Crippen molar-refractivity contribution < 1.29 is 22.4 Å². The molecule has 1 aliphatic rings. The molecule has 1 aromatic rings. The number of benzene rings is 1. The third-order valence-electron chi connectivity index (χ3n) is 3.86. The van der Waals surface area contributed by atoms with Gasteiger partial charge in [0.25, 0.3) is 5.91 Å². The maximum atomic E-state index is 14.8. The normalized spacial score (nSPS) is 22.2. The van der Waals surface area contributed by atoms with Gasteiger partial charge < -0.3 is 5.32 Å². The molecule has 0 saturated carbocycles. The minimum Gasteiger partial charge on any atom is -0.323 e. The van der Waals surface area contributed by atoms with E-state index in [2.05, 4.69) is 5.32 Å². The van der Waals surface area contributed by atoms with Gasteiger partial charge in [-0.2, -0.15) is 13.2 Å². The molecular formula is C16H19ClF4N2O. The van der Waals surface area contributed by atoms with Crippen LogP contribution in [-0.4, -0.2) is 36.1 Å². The number of anilines is 1. The molecule has 24 heavy (non-hydrogen) atoms. The summed E-state index contributed by atoms with van der Waals surface area (Å²) >= 11 is 5.53. The molecule has 1 unspecified atom stereocenters. The fourth-order valence-electron chi connectivity index (χ4n) is 2.77. The lowest BCUT2D eigenvalue weighted by Crippen LogP contribution is -2.42. The molecule has 1 fully saturated rings. The lowest BCUT2D eigenvalue weighted by Gasteiger charge is -2.22. The molecule has 0 aliphatic carbocycles. The zero-order chi connectivity index (χ0) is 18.1. The summed E-state index contributed by atoms with van der Waals surface area (Å²) in [7, 11) is 0. The van der Waals surface area contributed by atoms with E-state index in [0.717, 1.165) is 6.07 Å². The number of nitrogens with zero attached hydrogens (tertiary/aromatic N) is 1. The standard InChI is InChI=1S/C16H19ClF4N2O/c1-10(2)8-23-6-5-15(18,9-23)14(24)22-11-3-4-13(17)12(7-11)16(19,20)21/h3-4,7,10H,5-6,8-9H2,1-2H3,(H,22,24). The highest BCUT2D eigenvalue weighted by molar-refractivity contribution is 6.31. The van der Waals surface area contributed by atoms with Crippen LogP contribution in [0.15, 0.2) is 18.2 Å². The number of likely N-dealkylation sites (tertiary alicyclic amines) is 1. The number of amides is 1. The minimum atomic E-state index is -4.65. The number of nitrogens with one attached hydrogen (secondary N) is 1. The molecular weight excluding hydrogens is 348 g/mol. The zero-order valence-corrected chi connectivity index (χ0v) is 14.1. The van der Waals surface area contributed by atoms with Crippen LogP contribution in [0.4, 0.5) is 23.2 Å². The third-order valence-corrected chi connectivity index (χ3v) is 4.19. The van der Waals surface area contributed by atoms with E-state index >= 15 is 0 Å². The van der Waals surface area contributed by atoms with Crippen LogP contribution in [0.1, 0.15) is 25.8 Å². The van der Waals surface area contributed by atoms with Crippen molar-refractivity contribution in [2.75, 3.05) is 25.0 Å². The average molecular weight is 367 g/mol. The summed E-state index contributed by atoms with van der Waals surface area (Å²) in [5.74, 6) is -0.592. The number of hydrogen-bond acceptors (Lipinski definition) is 2. The number of carbonyl (C=O) groups is 1. The van der Waals surface area contributed by atoms with E-state index in [1.807, 2.05) is 18.7 Å². The lowest BCUT2D eigenvalue weighted by molar-refractivity contribution is -0.137. The van der Waals surface area contributed by atoms with Gasteiger partial charge in [-0.05, 0) is 24.1 Å². The Hall–Kier alpha value is -1.34. The zero-order valence-electron chi connectivity index (χ0n) is 13.4. The summed E-state index contributed by atoms with van der Waals surface area (Å²) in [6.07, 6.45) is -4.63. The van der Waals surface area contributed by atoms with Gasteiger partial charge in [0.05, 0.1) is 10.6 Å². The fourth-order valence-corrected chi connectivity index (χ4v) is 2.99. The number of halogens is 5. The highest BCUT2D eigenvalue weighted by Gasteiger charge is 2.45. The van der Waals surface area contributed by atoms with Crippen LogP contribution in [0.25, 0.3) is 0 Å². The second kappa shape index (κ2) is 6.88. The van der Waals surface area contributed by atoms with Gasteiger partial charge in [-0.15, -0.1) is 0 Å². The summed E-state index contributed by atoms with van der Waals surface area (Å²) in [5, 5.41) is 1.77. The van der Waals surface area contributed by atoms with Gasteiger partial charge in [0, 0.05) is 31.7 Å². The van der Waals surface area contributed by atoms with Gasteiger partial charge in [0.1, 0.15) is 0 Å². The van der Waals surface area contributed by atoms with Crippen molar-refractivity contribution in [3.63, 3.8) is 0 Å². The maximum absolute atomic E-state index is 14.8. The molecule has 1 heterocycles. The topological polar surface area (TPSA) is 32.3 Å². The maximum Gasteiger partial charge on any atom is 0.417 e. The molecule has 0 spiro atoms. The number of alkyl halides is 4. The van der Waals surface area contributed by atoms with E-state index in [1.165, 1.54) is 6.07 Å². The SMILES string of the molecule is CC(C)CN1CCC(F)(C(=O)Nc2ccc(Cl)c(C(F)(F)F)c2)C1. The van der Waals surface area contributed by atoms with Crippen LogP contribution >= 0.6 is 11.6 Å². The first-order chi connectivity index (χ1) is 11.0. The summed E-state index contributed by atoms with van der Waals surface area (Å²) in [6, 6.07) is 2.97. The summed E-state index contributed by atoms with van der Waals surface area (Å²) in [5.41, 5.74) is -3.30. The summed E-state index contributed by atoms with van der Waals surface area (Å²) in [4.78, 5) is 14.0. The highest BCUT2D eigenvalue weighted by atomic mass is 35.5. The van der Waals surface area contributed by atoms with Crippen molar-refractivity contribution in [3.05, 3.63) is 28.8 Å². The quantitative estimate of drug-likeness (QED) is 0.803. The first-order valence-corrected chi connectivity index (χ1v) is 7.98. The van der Waals surface area contributed by atoms with Gasteiger partial charge in [-0.25, -0.2) is 4.39 Å². The van der Waals surface area contributed by atoms with Crippen molar-refractivity contribution in [3.8, 4) is 0 Å². The monoisotopic (exact) mass is 366 g/mol. The molecule has 1 atom stereocenters. The predicted molar refractivity (Wildman–Crippen MR) is 84.8 cm³/mol. The Labute approximate surface area is 143 Å². The van der Waals surface area contributed by atoms with E-state index in [9.17, 15) is 22.4 Å². The first-order valence-electron chi connectivity index (χ1n) is 7.61. The van der Waals surface area contributed by atoms with Crippen molar-refractivity contribution in [1.29, 1.82) is 0 Å². The van der Waals surface area contributed by atoms with E-state index in [-0.39, 0.29) is 18.7 Å². The number of hydrogen-bond donors (Lipinski definition) is 1. The largest absolute Gasteiger partial charge is 0.417 e. The molecule has 1 amide bonds. The van der Waals surface area contributed by atoms with Crippen LogP contribution in [-0.2, 0) is 11.0 Å². The second-order valence-corrected chi connectivity index (χ2v) is 6.90. The van der Waals surface area contributed by atoms with Crippen LogP contribution < -0.4 is 5.32 Å². The van der Waals surface area contributed by atoms with Crippen molar-refractivity contribution >= 4 is 23.2 Å². The van der Waals surface area contributed by atoms with Crippen molar-refractivity contribution in [2.45, 2.75) is 32.1 Å². The Morgan fingerprint density at radius 2 is 2.08 bits per heavy atom. The molecule has 134 valence electrons. The molecule has 1 N–H and O–H groups in total. The van der Waals surface area contributed by atoms with E-state index in [1.54, 1.807) is 0 Å². The Morgan fingerprint density at radius 3 is 2.67 bits per heavy atom. The van der Waals surface area contributed by atoms with E-state index in [0.29, 0.717) is 25.1 Å². The number of carbonyl (C=O) groups excluding carboxylic acids is 1. The van der Waals surface area contributed by atoms with Gasteiger partial charge in [-0.1, -0.05) is 25.4 Å². The highest BCUT2D eigenvalue weighted by Crippen LogP contribution is 2.36. The Morgan fingerprint density at radius 1 is 1.42 bits per heavy atom. The fraction of sp³-hybridized carbons (Fsp3) is 0.562. The second-order valence-electron chi connectivity index (χ2n) is 6.49. The predicted octanol–water partition coefficient (Wildman–Crippen LogP) is 4.37. The first kappa shape index (κ1) is 19.0. The Bertz CT molecular complexity index is 621. The smallest absolute Gasteiger partial charge is 0.323 e. The molecule has 1 aliphatic heterocycles. The van der Waals surface area contributed by atoms with Gasteiger partial charge in [-0.3, -0.25) is 9.69 Å². The van der Waals surface area contributed by atoms with Crippen molar-refractivity contribution in [1.82, 2.24) is 4.90 Å². The van der Waals surface area contributed by atoms with Gasteiger partial charge in [0.15, 0.2) is 0 Å². The molecule has 0 bridgehead atoms. The van der Waals surface area contributed by atoms with Gasteiger partial charge >= 0.3 is 6.18 Å². The Balaban J connectivity index is 2.10. The van der Waals surface area contributed by atoms with E-state index in [4.69, 9.17) is 11.6 Å². The molecule has 3 nitrogen and oxygen atoms in total. The average Bonchev–Trinajstić information content (AvgIpc) is 2.81. The molecule has 2 rings (SSSR count). The lowest BCUT2D eigenvalue weighted by atomic mass is 10.0. The molecule has 0 aromatic heterocycles. The van der Waals surface area contributed by atoms with Gasteiger partial charge in [0.2, 0.25) is 5.67 Å². The number of rotatable bonds is 4. The summed E-state index contributed by atoms with van der Waals surface area (Å²) < 4.78 is 53.3. The molecule has 1 saturated heterocycles. The van der Waals surface area contributed by atoms with Crippen LogP contribution in [0, 0.1) is 5.92 Å². The van der Waals surface area contributed by atoms with Crippen molar-refractivity contribution in [2.24, 2.45) is 5.92 Å². The van der Waals surface area contributed by atoms with Crippen LogP contribution in [0.5, 0.6) is 0 Å². The van der Waals surface area contributed by atoms with Crippen LogP contribution in [0.2, 0.25) is 5.02 Å². The van der Waals surface area contributed by atoms with Crippen LogP contribution in [0.3, 0.4) is 0 Å². The minimum absolute atomic E-state index is 0.0191.